The Morgan fingerprint density at radius 2 is 1.96 bits per heavy atom. The molecule has 2 N–H and O–H groups in total. The molecule has 2 unspecified atom stereocenters. The molecule has 2 atom stereocenters. The van der Waals surface area contributed by atoms with E-state index in [1.54, 1.807) is 12.3 Å². The lowest BCUT2D eigenvalue weighted by Crippen LogP contribution is -2.49. The first-order valence-electron chi connectivity index (χ1n) is 8.80. The number of carbonyl (C=O) groups is 2. The number of carboxylic acids is 1. The minimum atomic E-state index is -1.06. The van der Waals surface area contributed by atoms with Crippen LogP contribution in [0.25, 0.3) is 0 Å². The summed E-state index contributed by atoms with van der Waals surface area (Å²) in [5.74, 6) is -2.45. The van der Waals surface area contributed by atoms with Crippen LogP contribution in [0.2, 0.25) is 0 Å². The zero-order chi connectivity index (χ0) is 19.6. The maximum atomic E-state index is 12.8. The fraction of sp³-hybridized carbons (Fsp3) is 0.350. The molecule has 1 aliphatic rings. The quantitative estimate of drug-likeness (QED) is 0.840. The number of hydrogen-bond acceptors (Lipinski definition) is 4. The molecule has 3 rings (SSSR count). The van der Waals surface area contributed by atoms with Crippen LogP contribution in [0.1, 0.15) is 27.9 Å². The van der Waals surface area contributed by atoms with Crippen molar-refractivity contribution < 1.29 is 19.8 Å². The number of aromatic nitrogens is 1. The molecule has 2 heterocycles. The van der Waals surface area contributed by atoms with Gasteiger partial charge >= 0.3 is 5.97 Å². The van der Waals surface area contributed by atoms with E-state index in [9.17, 15) is 24.6 Å². The Morgan fingerprint density at radius 1 is 1.19 bits per heavy atom. The van der Waals surface area contributed by atoms with Gasteiger partial charge in [-0.15, -0.1) is 0 Å². The fourth-order valence-corrected chi connectivity index (χ4v) is 3.42. The van der Waals surface area contributed by atoms with Gasteiger partial charge in [0.2, 0.25) is 0 Å². The van der Waals surface area contributed by atoms with Crippen molar-refractivity contribution >= 4 is 11.9 Å². The summed E-state index contributed by atoms with van der Waals surface area (Å²) in [7, 11) is 0. The number of nitrogens with zero attached hydrogens (tertiary/aromatic N) is 2. The topological polar surface area (TPSA) is 99.8 Å². The Labute approximate surface area is 156 Å². The Kier molecular flexibility index (Phi) is 5.41. The highest BCUT2D eigenvalue weighted by Crippen LogP contribution is 2.19. The number of aliphatic hydroxyl groups excluding tert-OH is 1. The van der Waals surface area contributed by atoms with Crippen molar-refractivity contribution in [2.75, 3.05) is 13.1 Å². The predicted molar refractivity (Wildman–Crippen MR) is 98.6 cm³/mol. The predicted octanol–water partition coefficient (Wildman–Crippen LogP) is 1.11. The van der Waals surface area contributed by atoms with Gasteiger partial charge in [-0.05, 0) is 31.0 Å². The van der Waals surface area contributed by atoms with E-state index in [1.165, 1.54) is 15.5 Å². The third-order valence-electron chi connectivity index (χ3n) is 4.75. The first kappa shape index (κ1) is 18.8. The van der Waals surface area contributed by atoms with Gasteiger partial charge in [0.05, 0.1) is 18.6 Å². The number of aliphatic hydroxyl groups is 1. The van der Waals surface area contributed by atoms with Crippen molar-refractivity contribution in [3.63, 3.8) is 0 Å². The summed E-state index contributed by atoms with van der Waals surface area (Å²) in [6, 6.07) is 10.8. The van der Waals surface area contributed by atoms with Gasteiger partial charge in [0, 0.05) is 19.3 Å². The largest absolute Gasteiger partial charge is 0.481 e. The van der Waals surface area contributed by atoms with E-state index >= 15 is 0 Å². The molecule has 0 bridgehead atoms. The number of carbonyl (C=O) groups excluding carboxylic acids is 1. The summed E-state index contributed by atoms with van der Waals surface area (Å²) in [6.45, 7) is 2.31. The maximum Gasteiger partial charge on any atom is 0.308 e. The Balaban J connectivity index is 1.85. The first-order chi connectivity index (χ1) is 12.8. The van der Waals surface area contributed by atoms with Crippen molar-refractivity contribution in [3.8, 4) is 0 Å². The molecule has 1 amide bonds. The number of hydrogen-bond donors (Lipinski definition) is 2. The number of benzene rings is 1. The first-order valence-corrected chi connectivity index (χ1v) is 8.80. The smallest absolute Gasteiger partial charge is 0.308 e. The molecular formula is C20H22N2O5. The second kappa shape index (κ2) is 7.75. The molecule has 142 valence electrons. The molecule has 1 fully saturated rings. The molecule has 1 saturated heterocycles. The van der Waals surface area contributed by atoms with Crippen LogP contribution in [-0.4, -0.2) is 50.8 Å². The van der Waals surface area contributed by atoms with Crippen LogP contribution in [0.5, 0.6) is 0 Å². The molecule has 7 heteroatoms. The lowest BCUT2D eigenvalue weighted by Gasteiger charge is -2.33. The van der Waals surface area contributed by atoms with Gasteiger partial charge in [0.15, 0.2) is 0 Å². The minimum Gasteiger partial charge on any atom is -0.481 e. The van der Waals surface area contributed by atoms with Gasteiger partial charge in [-0.3, -0.25) is 14.4 Å². The second-order valence-corrected chi connectivity index (χ2v) is 6.98. The maximum absolute atomic E-state index is 12.8. The highest BCUT2D eigenvalue weighted by Gasteiger charge is 2.34. The molecule has 27 heavy (non-hydrogen) atoms. The Hall–Kier alpha value is -2.93. The van der Waals surface area contributed by atoms with E-state index < -0.39 is 29.5 Å². The number of rotatable bonds is 4. The van der Waals surface area contributed by atoms with Crippen molar-refractivity contribution in [1.29, 1.82) is 0 Å². The van der Waals surface area contributed by atoms with Gasteiger partial charge in [-0.25, -0.2) is 0 Å². The van der Waals surface area contributed by atoms with Crippen molar-refractivity contribution in [3.05, 3.63) is 69.6 Å². The summed E-state index contributed by atoms with van der Waals surface area (Å²) in [5.41, 5.74) is 1.56. The van der Waals surface area contributed by atoms with Crippen LogP contribution in [0.4, 0.5) is 0 Å². The molecule has 1 aliphatic heterocycles. The van der Waals surface area contributed by atoms with E-state index in [0.717, 1.165) is 11.1 Å². The van der Waals surface area contributed by atoms with Gasteiger partial charge < -0.3 is 19.7 Å². The van der Waals surface area contributed by atoms with Crippen molar-refractivity contribution in [2.45, 2.75) is 26.0 Å². The molecule has 0 spiro atoms. The minimum absolute atomic E-state index is 0.0164. The summed E-state index contributed by atoms with van der Waals surface area (Å²) in [5, 5.41) is 19.1. The molecular weight excluding hydrogens is 348 g/mol. The van der Waals surface area contributed by atoms with Crippen molar-refractivity contribution in [1.82, 2.24) is 9.47 Å². The van der Waals surface area contributed by atoms with E-state index in [2.05, 4.69) is 0 Å². The molecule has 0 saturated carbocycles. The number of aryl methyl sites for hydroxylation is 1. The number of β-amino-alcohol motifs (C(OH)–C–C–N with tert-alkyl or cyclic N) is 1. The average Bonchev–Trinajstić information content (AvgIpc) is 2.62. The van der Waals surface area contributed by atoms with Crippen LogP contribution in [0, 0.1) is 12.8 Å². The van der Waals surface area contributed by atoms with E-state index in [0.29, 0.717) is 6.54 Å². The summed E-state index contributed by atoms with van der Waals surface area (Å²) < 4.78 is 1.46. The number of carboxylic acid groups (broad SMARTS) is 1. The normalized spacial score (nSPS) is 19.7. The van der Waals surface area contributed by atoms with Crippen LogP contribution >= 0.6 is 0 Å². The second-order valence-electron chi connectivity index (χ2n) is 6.98. The standard InChI is InChI=1S/C20H22N2O5/c1-13-4-2-5-14(8-13)10-21-7-3-6-17(18(21)24)19(25)22-11-15(20(26)27)9-16(23)12-22/h2-8,15-16,23H,9-12H2,1H3,(H,26,27). The number of aliphatic carboxylic acids is 1. The zero-order valence-electron chi connectivity index (χ0n) is 15.0. The van der Waals surface area contributed by atoms with Crippen LogP contribution in [-0.2, 0) is 11.3 Å². The lowest BCUT2D eigenvalue weighted by atomic mass is 9.95. The van der Waals surface area contributed by atoms with Crippen molar-refractivity contribution in [2.24, 2.45) is 5.92 Å². The van der Waals surface area contributed by atoms with Gasteiger partial charge in [0.1, 0.15) is 5.56 Å². The third kappa shape index (κ3) is 4.25. The van der Waals surface area contributed by atoms with E-state index in [1.807, 2.05) is 31.2 Å². The Morgan fingerprint density at radius 3 is 2.67 bits per heavy atom. The Bertz CT molecular complexity index is 921. The third-order valence-corrected chi connectivity index (χ3v) is 4.75. The number of piperidine rings is 1. The monoisotopic (exact) mass is 370 g/mol. The van der Waals surface area contributed by atoms with E-state index in [4.69, 9.17) is 0 Å². The highest BCUT2D eigenvalue weighted by atomic mass is 16.4. The molecule has 7 nitrogen and oxygen atoms in total. The van der Waals surface area contributed by atoms with Crippen LogP contribution < -0.4 is 5.56 Å². The SMILES string of the molecule is Cc1cccc(Cn2cccc(C(=O)N3CC(O)CC(C(=O)O)C3)c2=O)c1. The van der Waals surface area contributed by atoms with E-state index in [-0.39, 0.29) is 25.1 Å². The fourth-order valence-electron chi connectivity index (χ4n) is 3.42. The molecule has 0 aliphatic carbocycles. The number of pyridine rings is 1. The summed E-state index contributed by atoms with van der Waals surface area (Å²) in [4.78, 5) is 38.1. The molecule has 1 aromatic carbocycles. The van der Waals surface area contributed by atoms with Gasteiger partial charge in [0.25, 0.3) is 11.5 Å². The van der Waals surface area contributed by atoms with Crippen LogP contribution in [0.3, 0.4) is 0 Å². The van der Waals surface area contributed by atoms with Crippen LogP contribution in [0.15, 0.2) is 47.4 Å². The molecule has 0 radical (unpaired) electrons. The number of amides is 1. The highest BCUT2D eigenvalue weighted by molar-refractivity contribution is 5.94. The van der Waals surface area contributed by atoms with Gasteiger partial charge in [-0.1, -0.05) is 29.8 Å². The summed E-state index contributed by atoms with van der Waals surface area (Å²) >= 11 is 0. The molecule has 1 aromatic heterocycles. The summed E-state index contributed by atoms with van der Waals surface area (Å²) in [6.07, 6.45) is 0.805. The molecule has 2 aromatic rings. The zero-order valence-corrected chi connectivity index (χ0v) is 15.0. The number of likely N-dealkylation sites (tertiary alicyclic amines) is 1. The average molecular weight is 370 g/mol. The lowest BCUT2D eigenvalue weighted by molar-refractivity contribution is -0.144. The van der Waals surface area contributed by atoms with Gasteiger partial charge in [-0.2, -0.15) is 0 Å².